The Kier molecular flexibility index (Phi) is 8.81. The number of benzene rings is 3. The van der Waals surface area contributed by atoms with Crippen LogP contribution in [0, 0.1) is 5.41 Å². The Bertz CT molecular complexity index is 913. The number of hydrogen-bond acceptors (Lipinski definition) is 3. The fourth-order valence-electron chi connectivity index (χ4n) is 3.09. The third-order valence-electron chi connectivity index (χ3n) is 5.49. The van der Waals surface area contributed by atoms with Crippen molar-refractivity contribution < 1.29 is 14.3 Å². The summed E-state index contributed by atoms with van der Waals surface area (Å²) in [5.74, 6) is 0.742. The van der Waals surface area contributed by atoms with E-state index in [1.165, 1.54) is 14.7 Å². The quantitative estimate of drug-likeness (QED) is 0.181. The van der Waals surface area contributed by atoms with Crippen LogP contribution in [0.3, 0.4) is 0 Å². The predicted molar refractivity (Wildman–Crippen MR) is 131 cm³/mol. The summed E-state index contributed by atoms with van der Waals surface area (Å²) in [5.41, 5.74) is -0.406. The van der Waals surface area contributed by atoms with Gasteiger partial charge in [0.2, 0.25) is 0 Å². The van der Waals surface area contributed by atoms with Gasteiger partial charge in [-0.1, -0.05) is 43.3 Å². The number of hydrogen-bond donors (Lipinski definition) is 0. The molecule has 0 radical (unpaired) electrons. The van der Waals surface area contributed by atoms with Crippen LogP contribution in [-0.2, 0) is 20.4 Å². The lowest BCUT2D eigenvalue weighted by atomic mass is 9.91. The molecule has 0 N–H and O–H groups in total. The molecule has 168 valence electrons. The zero-order chi connectivity index (χ0) is 22.8. The zero-order valence-corrected chi connectivity index (χ0v) is 20.1. The van der Waals surface area contributed by atoms with Crippen LogP contribution in [0.5, 0.6) is 5.75 Å². The van der Waals surface area contributed by atoms with Gasteiger partial charge in [-0.05, 0) is 81.6 Å². The SMILES string of the molecule is CCC(C)(C)C(=O)OCCCCOc1ccc([S+](c2ccccc2)c2ccccc2)cc1. The average molecular weight is 450 g/mol. The molecule has 4 heteroatoms. The summed E-state index contributed by atoms with van der Waals surface area (Å²) in [4.78, 5) is 15.9. The van der Waals surface area contributed by atoms with Crippen molar-refractivity contribution in [3.63, 3.8) is 0 Å². The van der Waals surface area contributed by atoms with E-state index in [1.807, 2.05) is 32.9 Å². The summed E-state index contributed by atoms with van der Waals surface area (Å²) in [6.45, 7) is 6.90. The van der Waals surface area contributed by atoms with Crippen LogP contribution in [0.2, 0.25) is 0 Å². The van der Waals surface area contributed by atoms with Gasteiger partial charge in [0, 0.05) is 0 Å². The number of carbonyl (C=O) groups is 1. The van der Waals surface area contributed by atoms with Crippen LogP contribution in [0.1, 0.15) is 40.0 Å². The fourth-order valence-corrected chi connectivity index (χ4v) is 5.18. The molecule has 3 nitrogen and oxygen atoms in total. The Morgan fingerprint density at radius 3 is 1.78 bits per heavy atom. The first kappa shape index (κ1) is 23.9. The highest BCUT2D eigenvalue weighted by Crippen LogP contribution is 2.32. The fraction of sp³-hybridized carbons (Fsp3) is 0.321. The van der Waals surface area contributed by atoms with Crippen molar-refractivity contribution >= 4 is 16.9 Å². The normalized spacial score (nSPS) is 11.4. The van der Waals surface area contributed by atoms with E-state index in [4.69, 9.17) is 9.47 Å². The summed E-state index contributed by atoms with van der Waals surface area (Å²) in [5, 5.41) is 0. The first-order chi connectivity index (χ1) is 15.5. The summed E-state index contributed by atoms with van der Waals surface area (Å²) in [7, 11) is -0.150. The molecule has 0 aliphatic rings. The van der Waals surface area contributed by atoms with E-state index in [9.17, 15) is 4.79 Å². The topological polar surface area (TPSA) is 35.5 Å². The molecule has 0 atom stereocenters. The molecule has 3 aromatic rings. The molecule has 0 heterocycles. The van der Waals surface area contributed by atoms with Gasteiger partial charge in [-0.25, -0.2) is 0 Å². The molecule has 0 saturated carbocycles. The van der Waals surface area contributed by atoms with Crippen LogP contribution in [0.25, 0.3) is 0 Å². The molecule has 0 fully saturated rings. The molecule has 0 amide bonds. The van der Waals surface area contributed by atoms with Crippen molar-refractivity contribution in [2.24, 2.45) is 5.41 Å². The predicted octanol–water partition coefficient (Wildman–Crippen LogP) is 6.92. The number of rotatable bonds is 11. The van der Waals surface area contributed by atoms with Gasteiger partial charge in [0.15, 0.2) is 14.7 Å². The second-order valence-corrected chi connectivity index (χ2v) is 10.4. The monoisotopic (exact) mass is 449 g/mol. The molecule has 32 heavy (non-hydrogen) atoms. The van der Waals surface area contributed by atoms with Crippen LogP contribution < -0.4 is 4.74 Å². The van der Waals surface area contributed by atoms with Crippen molar-refractivity contribution in [2.75, 3.05) is 13.2 Å². The highest BCUT2D eigenvalue weighted by molar-refractivity contribution is 7.97. The first-order valence-corrected chi connectivity index (χ1v) is 12.5. The minimum atomic E-state index is -0.406. The summed E-state index contributed by atoms with van der Waals surface area (Å²) in [6.07, 6.45) is 2.43. The molecule has 0 spiro atoms. The van der Waals surface area contributed by atoms with Gasteiger partial charge >= 0.3 is 5.97 Å². The Labute approximate surface area is 195 Å². The standard InChI is InChI=1S/C28H33O3S/c1-4-28(2,3)27(29)31-22-12-11-21-30-23-17-19-26(20-18-23)32(24-13-7-5-8-14-24)25-15-9-6-10-16-25/h5-10,13-20H,4,11-12,21-22H2,1-3H3/q+1. The molecule has 0 aliphatic heterocycles. The molecule has 3 rings (SSSR count). The number of ether oxygens (including phenoxy) is 2. The minimum absolute atomic E-state index is 0.122. The Morgan fingerprint density at radius 2 is 1.25 bits per heavy atom. The lowest BCUT2D eigenvalue weighted by molar-refractivity contribution is -0.154. The average Bonchev–Trinajstić information content (AvgIpc) is 2.83. The Balaban J connectivity index is 1.53. The van der Waals surface area contributed by atoms with Gasteiger partial charge in [-0.15, -0.1) is 0 Å². The maximum atomic E-state index is 12.0. The van der Waals surface area contributed by atoms with Crippen molar-refractivity contribution in [2.45, 2.75) is 54.7 Å². The maximum Gasteiger partial charge on any atom is 0.311 e. The van der Waals surface area contributed by atoms with Crippen molar-refractivity contribution in [1.29, 1.82) is 0 Å². The van der Waals surface area contributed by atoms with Gasteiger partial charge < -0.3 is 9.47 Å². The maximum absolute atomic E-state index is 12.0. The van der Waals surface area contributed by atoms with Gasteiger partial charge in [-0.2, -0.15) is 0 Å². The third-order valence-corrected chi connectivity index (χ3v) is 7.72. The second-order valence-electron chi connectivity index (χ2n) is 8.33. The first-order valence-electron chi connectivity index (χ1n) is 11.3. The number of carbonyl (C=O) groups excluding carboxylic acids is 1. The van der Waals surface area contributed by atoms with Gasteiger partial charge in [-0.3, -0.25) is 4.79 Å². The smallest absolute Gasteiger partial charge is 0.311 e. The largest absolute Gasteiger partial charge is 0.494 e. The van der Waals surface area contributed by atoms with E-state index < -0.39 is 5.41 Å². The molecular weight excluding hydrogens is 416 g/mol. The molecular formula is C28H33O3S+. The second kappa shape index (κ2) is 11.8. The van der Waals surface area contributed by atoms with Crippen molar-refractivity contribution in [1.82, 2.24) is 0 Å². The number of esters is 1. The van der Waals surface area contributed by atoms with E-state index in [-0.39, 0.29) is 16.9 Å². The minimum Gasteiger partial charge on any atom is -0.494 e. The molecule has 0 saturated heterocycles. The van der Waals surface area contributed by atoms with E-state index in [0.29, 0.717) is 13.2 Å². The molecule has 0 bridgehead atoms. The lowest BCUT2D eigenvalue weighted by Gasteiger charge is -2.20. The highest BCUT2D eigenvalue weighted by Gasteiger charge is 2.28. The number of unbranched alkanes of at least 4 members (excludes halogenated alkanes) is 1. The lowest BCUT2D eigenvalue weighted by Crippen LogP contribution is -2.26. The third kappa shape index (κ3) is 6.64. The van der Waals surface area contributed by atoms with Crippen molar-refractivity contribution in [3.05, 3.63) is 84.9 Å². The highest BCUT2D eigenvalue weighted by atomic mass is 32.2. The van der Waals surface area contributed by atoms with E-state index >= 15 is 0 Å². The van der Waals surface area contributed by atoms with Crippen LogP contribution in [0.15, 0.2) is 99.6 Å². The summed E-state index contributed by atoms with van der Waals surface area (Å²) >= 11 is 0. The van der Waals surface area contributed by atoms with Crippen molar-refractivity contribution in [3.8, 4) is 5.75 Å². The van der Waals surface area contributed by atoms with Gasteiger partial charge in [0.25, 0.3) is 0 Å². The zero-order valence-electron chi connectivity index (χ0n) is 19.3. The van der Waals surface area contributed by atoms with Gasteiger partial charge in [0.05, 0.1) is 29.5 Å². The van der Waals surface area contributed by atoms with Gasteiger partial charge in [0.1, 0.15) is 5.75 Å². The van der Waals surface area contributed by atoms with Crippen LogP contribution in [0.4, 0.5) is 0 Å². The van der Waals surface area contributed by atoms with Crippen LogP contribution >= 0.6 is 0 Å². The summed E-state index contributed by atoms with van der Waals surface area (Å²) < 4.78 is 11.3. The van der Waals surface area contributed by atoms with Crippen LogP contribution in [-0.4, -0.2) is 19.2 Å². The van der Waals surface area contributed by atoms with E-state index in [0.717, 1.165) is 25.0 Å². The Hall–Kier alpha value is -2.72. The molecule has 0 aliphatic carbocycles. The molecule has 0 unspecified atom stereocenters. The summed E-state index contributed by atoms with van der Waals surface area (Å²) in [6, 6.07) is 29.7. The van der Waals surface area contributed by atoms with E-state index in [1.54, 1.807) is 0 Å². The molecule has 3 aromatic carbocycles. The molecule has 0 aromatic heterocycles. The van der Waals surface area contributed by atoms with E-state index in [2.05, 4.69) is 72.8 Å². The Morgan fingerprint density at radius 1 is 0.750 bits per heavy atom.